The molecule has 2 aromatic rings. The van der Waals surface area contributed by atoms with Gasteiger partial charge < -0.3 is 4.90 Å². The van der Waals surface area contributed by atoms with Crippen LogP contribution in [0.2, 0.25) is 0 Å². The first kappa shape index (κ1) is 18.9. The summed E-state index contributed by atoms with van der Waals surface area (Å²) in [6, 6.07) is 10.0. The van der Waals surface area contributed by atoms with Gasteiger partial charge in [0.25, 0.3) is 0 Å². The van der Waals surface area contributed by atoms with Crippen molar-refractivity contribution in [3.05, 3.63) is 35.7 Å². The molecule has 0 aliphatic rings. The molecule has 1 N–H and O–H groups in total. The van der Waals surface area contributed by atoms with E-state index in [9.17, 15) is 4.79 Å². The van der Waals surface area contributed by atoms with Crippen molar-refractivity contribution < 1.29 is 9.69 Å². The fourth-order valence-corrected chi connectivity index (χ4v) is 3.64. The molecule has 6 heteroatoms. The molecule has 1 amide bonds. The fraction of sp³-hybridized carbons (Fsp3) is 0.444. The summed E-state index contributed by atoms with van der Waals surface area (Å²) in [4.78, 5) is 20.1. The van der Waals surface area contributed by atoms with Gasteiger partial charge in [-0.25, -0.2) is 4.98 Å². The van der Waals surface area contributed by atoms with Crippen molar-refractivity contribution in [2.24, 2.45) is 0 Å². The van der Waals surface area contributed by atoms with Gasteiger partial charge in [-0.05, 0) is 13.8 Å². The Balaban J connectivity index is 2.08. The van der Waals surface area contributed by atoms with E-state index < -0.39 is 0 Å². The van der Waals surface area contributed by atoms with Crippen molar-refractivity contribution in [2.45, 2.75) is 20.3 Å². The number of halogens is 1. The normalized spacial score (nSPS) is 11.0. The number of rotatable bonds is 9. The zero-order chi connectivity index (χ0) is 17.4. The van der Waals surface area contributed by atoms with E-state index in [1.54, 1.807) is 4.90 Å². The molecule has 24 heavy (non-hydrogen) atoms. The number of aromatic nitrogens is 1. The fourth-order valence-electron chi connectivity index (χ4n) is 2.62. The van der Waals surface area contributed by atoms with Crippen LogP contribution in [-0.4, -0.2) is 43.0 Å². The number of quaternary nitrogens is 1. The highest BCUT2D eigenvalue weighted by molar-refractivity contribution is 7.14. The summed E-state index contributed by atoms with van der Waals surface area (Å²) < 4.78 is 0. The second-order valence-electron chi connectivity index (χ2n) is 5.62. The molecule has 2 rings (SSSR count). The smallest absolute Gasteiger partial charge is 0.243 e. The van der Waals surface area contributed by atoms with Gasteiger partial charge >= 0.3 is 0 Å². The summed E-state index contributed by atoms with van der Waals surface area (Å²) in [6.45, 7) is 8.30. The largest absolute Gasteiger partial charge is 0.335 e. The Morgan fingerprint density at radius 2 is 1.96 bits per heavy atom. The summed E-state index contributed by atoms with van der Waals surface area (Å²) >= 11 is 7.29. The molecule has 0 saturated carbocycles. The summed E-state index contributed by atoms with van der Waals surface area (Å²) in [7, 11) is 0. The number of hydrogen-bond acceptors (Lipinski definition) is 3. The number of nitrogens with one attached hydrogen (secondary N) is 1. The van der Waals surface area contributed by atoms with E-state index in [0.717, 1.165) is 42.4 Å². The lowest BCUT2D eigenvalue weighted by atomic mass is 10.2. The van der Waals surface area contributed by atoms with Crippen molar-refractivity contribution in [3.63, 3.8) is 0 Å². The summed E-state index contributed by atoms with van der Waals surface area (Å²) in [6.07, 6.45) is 0.944. The number of anilines is 1. The standard InChI is InChI=1S/C18H24ClN3OS/c1-3-21(4-2)11-8-12-22(17(23)13-19)18-20-16(14-24-18)15-9-6-5-7-10-15/h5-7,9-10,14H,3-4,8,11-13H2,1-2H3/p+1. The van der Waals surface area contributed by atoms with Gasteiger partial charge in [0.1, 0.15) is 5.88 Å². The molecule has 4 nitrogen and oxygen atoms in total. The maximum absolute atomic E-state index is 12.2. The van der Waals surface area contributed by atoms with Crippen LogP contribution in [0.25, 0.3) is 11.3 Å². The van der Waals surface area contributed by atoms with Crippen LogP contribution < -0.4 is 9.80 Å². The van der Waals surface area contributed by atoms with Crippen LogP contribution in [0, 0.1) is 0 Å². The van der Waals surface area contributed by atoms with E-state index in [-0.39, 0.29) is 11.8 Å². The second-order valence-corrected chi connectivity index (χ2v) is 6.72. The Morgan fingerprint density at radius 3 is 2.58 bits per heavy atom. The molecule has 130 valence electrons. The lowest BCUT2D eigenvalue weighted by molar-refractivity contribution is -0.896. The molecular weight excluding hydrogens is 342 g/mol. The molecule has 1 aromatic heterocycles. The predicted molar refractivity (Wildman–Crippen MR) is 102 cm³/mol. The van der Waals surface area contributed by atoms with Crippen molar-refractivity contribution in [1.82, 2.24) is 4.98 Å². The number of carbonyl (C=O) groups is 1. The highest BCUT2D eigenvalue weighted by Gasteiger charge is 2.19. The van der Waals surface area contributed by atoms with Crippen LogP contribution in [0.4, 0.5) is 5.13 Å². The van der Waals surface area contributed by atoms with E-state index in [0.29, 0.717) is 6.54 Å². The molecule has 0 fully saturated rings. The molecule has 0 radical (unpaired) electrons. The average molecular weight is 367 g/mol. The van der Waals surface area contributed by atoms with Gasteiger partial charge in [0.2, 0.25) is 5.91 Å². The van der Waals surface area contributed by atoms with Crippen LogP contribution in [0.3, 0.4) is 0 Å². The maximum Gasteiger partial charge on any atom is 0.243 e. The Kier molecular flexibility index (Phi) is 7.69. The summed E-state index contributed by atoms with van der Waals surface area (Å²) in [5.41, 5.74) is 1.96. The van der Waals surface area contributed by atoms with Gasteiger partial charge in [-0.1, -0.05) is 30.3 Å². The van der Waals surface area contributed by atoms with E-state index in [2.05, 4.69) is 18.8 Å². The third-order valence-corrected chi connectivity index (χ3v) is 5.21. The van der Waals surface area contributed by atoms with E-state index in [4.69, 9.17) is 11.6 Å². The summed E-state index contributed by atoms with van der Waals surface area (Å²) in [5, 5.41) is 2.73. The molecule has 0 spiro atoms. The Hall–Kier alpha value is -1.43. The minimum absolute atomic E-state index is 0.0155. The summed E-state index contributed by atoms with van der Waals surface area (Å²) in [5.74, 6) is -0.0987. The number of nitrogens with zero attached hydrogens (tertiary/aromatic N) is 2. The number of benzene rings is 1. The molecule has 0 unspecified atom stereocenters. The first-order valence-corrected chi connectivity index (χ1v) is 9.81. The number of carbonyl (C=O) groups excluding carboxylic acids is 1. The minimum atomic E-state index is -0.0832. The van der Waals surface area contributed by atoms with Gasteiger partial charge in [0.05, 0.1) is 25.3 Å². The van der Waals surface area contributed by atoms with Gasteiger partial charge in [0.15, 0.2) is 5.13 Å². The highest BCUT2D eigenvalue weighted by Crippen LogP contribution is 2.27. The van der Waals surface area contributed by atoms with E-state index in [1.165, 1.54) is 16.2 Å². The number of alkyl halides is 1. The van der Waals surface area contributed by atoms with Crippen LogP contribution in [0.15, 0.2) is 35.7 Å². The van der Waals surface area contributed by atoms with Crippen molar-refractivity contribution >= 4 is 34.0 Å². The maximum atomic E-state index is 12.2. The van der Waals surface area contributed by atoms with Crippen LogP contribution in [0.5, 0.6) is 0 Å². The van der Waals surface area contributed by atoms with Gasteiger partial charge in [-0.15, -0.1) is 22.9 Å². The Bertz CT molecular complexity index is 628. The van der Waals surface area contributed by atoms with Gasteiger partial charge in [0, 0.05) is 23.9 Å². The SMILES string of the molecule is CC[NH+](CC)CCCN(C(=O)CCl)c1nc(-c2ccccc2)cs1. The van der Waals surface area contributed by atoms with Crippen molar-refractivity contribution in [1.29, 1.82) is 0 Å². The lowest BCUT2D eigenvalue weighted by Crippen LogP contribution is -3.11. The topological polar surface area (TPSA) is 37.6 Å². The molecule has 0 aliphatic heterocycles. The molecule has 0 saturated heterocycles. The van der Waals surface area contributed by atoms with Crippen LogP contribution >= 0.6 is 22.9 Å². The molecular formula is C18H25ClN3OS+. The monoisotopic (exact) mass is 366 g/mol. The molecule has 0 bridgehead atoms. The highest BCUT2D eigenvalue weighted by atomic mass is 35.5. The average Bonchev–Trinajstić information content (AvgIpc) is 3.12. The van der Waals surface area contributed by atoms with E-state index >= 15 is 0 Å². The lowest BCUT2D eigenvalue weighted by Gasteiger charge is -2.21. The first-order valence-electron chi connectivity index (χ1n) is 8.40. The van der Waals surface area contributed by atoms with Crippen molar-refractivity contribution in [2.75, 3.05) is 37.0 Å². The molecule has 0 aliphatic carbocycles. The first-order chi connectivity index (χ1) is 11.7. The van der Waals surface area contributed by atoms with Crippen molar-refractivity contribution in [3.8, 4) is 11.3 Å². The second kappa shape index (κ2) is 9.77. The molecule has 1 aromatic carbocycles. The van der Waals surface area contributed by atoms with Crippen LogP contribution in [-0.2, 0) is 4.79 Å². The number of thiazole rings is 1. The zero-order valence-corrected chi connectivity index (χ0v) is 15.9. The number of hydrogen-bond donors (Lipinski definition) is 1. The Labute approximate surface area is 153 Å². The Morgan fingerprint density at radius 1 is 1.25 bits per heavy atom. The minimum Gasteiger partial charge on any atom is -0.335 e. The number of amides is 1. The van der Waals surface area contributed by atoms with Crippen LogP contribution in [0.1, 0.15) is 20.3 Å². The van der Waals surface area contributed by atoms with E-state index in [1.807, 2.05) is 35.7 Å². The zero-order valence-electron chi connectivity index (χ0n) is 14.3. The van der Waals surface area contributed by atoms with Gasteiger partial charge in [-0.3, -0.25) is 9.69 Å². The molecule has 1 heterocycles. The molecule has 0 atom stereocenters. The van der Waals surface area contributed by atoms with Gasteiger partial charge in [-0.2, -0.15) is 0 Å². The quantitative estimate of drug-likeness (QED) is 0.693. The third-order valence-electron chi connectivity index (χ3n) is 4.12. The predicted octanol–water partition coefficient (Wildman–Crippen LogP) is 2.70. The third kappa shape index (κ3) is 5.03.